The maximum absolute atomic E-state index is 15.1. The van der Waals surface area contributed by atoms with Crippen LogP contribution in [0.15, 0.2) is 36.4 Å². The molecule has 9 nitrogen and oxygen atoms in total. The van der Waals surface area contributed by atoms with Crippen LogP contribution in [0, 0.1) is 5.82 Å². The minimum atomic E-state index is -0.469. The van der Waals surface area contributed by atoms with Crippen molar-refractivity contribution in [2.24, 2.45) is 5.73 Å². The van der Waals surface area contributed by atoms with E-state index in [-0.39, 0.29) is 17.5 Å². The number of aromatic nitrogens is 1. The Morgan fingerprint density at radius 1 is 1.07 bits per heavy atom. The summed E-state index contributed by atoms with van der Waals surface area (Å²) in [4.78, 5) is 13.8. The zero-order valence-electron chi connectivity index (χ0n) is 28.1. The SMILES string of the molecule is CCOC(CN(Cc1ccc(F)c(N2CC(N3CCN(C)[C@H](C)C3)C2)n1)[C](=[Co])[C@@H](N)Cc1ccc(OC(C)(C)C)cc1)OCC. The number of halogens is 1. The van der Waals surface area contributed by atoms with Crippen LogP contribution in [0.2, 0.25) is 0 Å². The molecule has 2 fully saturated rings. The number of pyridine rings is 1. The van der Waals surface area contributed by atoms with Gasteiger partial charge in [0.05, 0.1) is 0 Å². The van der Waals surface area contributed by atoms with Gasteiger partial charge in [0.2, 0.25) is 0 Å². The monoisotopic (exact) mass is 671 g/mol. The zero-order valence-corrected chi connectivity index (χ0v) is 29.1. The number of benzene rings is 1. The Balaban J connectivity index is 1.45. The Morgan fingerprint density at radius 2 is 1.73 bits per heavy atom. The van der Waals surface area contributed by atoms with Crippen molar-refractivity contribution >= 4 is 10.4 Å². The van der Waals surface area contributed by atoms with Crippen molar-refractivity contribution in [3.8, 4) is 5.75 Å². The summed E-state index contributed by atoms with van der Waals surface area (Å²) in [6.45, 7) is 18.7. The predicted octanol–water partition coefficient (Wildman–Crippen LogP) is 3.67. The van der Waals surface area contributed by atoms with Crippen molar-refractivity contribution in [1.82, 2.24) is 19.7 Å². The number of hydrogen-bond donors (Lipinski definition) is 1. The summed E-state index contributed by atoms with van der Waals surface area (Å²) >= 11 is 4.99. The van der Waals surface area contributed by atoms with E-state index in [9.17, 15) is 0 Å². The number of nitrogens with zero attached hydrogens (tertiary/aromatic N) is 5. The van der Waals surface area contributed by atoms with Gasteiger partial charge in [-0.2, -0.15) is 0 Å². The van der Waals surface area contributed by atoms with Crippen molar-refractivity contribution < 1.29 is 33.9 Å². The molecule has 2 aliphatic rings. The second-order valence-corrected chi connectivity index (χ2v) is 13.7. The van der Waals surface area contributed by atoms with Gasteiger partial charge in [0.15, 0.2) is 0 Å². The van der Waals surface area contributed by atoms with Crippen molar-refractivity contribution in [3.63, 3.8) is 0 Å². The molecule has 2 atom stereocenters. The van der Waals surface area contributed by atoms with Crippen LogP contribution in [0.3, 0.4) is 0 Å². The topological polar surface area (TPSA) is 79.6 Å². The van der Waals surface area contributed by atoms with E-state index >= 15 is 4.39 Å². The van der Waals surface area contributed by atoms with Crippen LogP contribution in [-0.4, -0.2) is 114 Å². The van der Waals surface area contributed by atoms with Crippen LogP contribution in [0.25, 0.3) is 0 Å². The van der Waals surface area contributed by atoms with E-state index in [4.69, 9.17) is 40.2 Å². The molecule has 1 aromatic carbocycles. The molecule has 0 amide bonds. The molecule has 45 heavy (non-hydrogen) atoms. The fourth-order valence-electron chi connectivity index (χ4n) is 5.78. The van der Waals surface area contributed by atoms with Gasteiger partial charge >= 0.3 is 259 Å². The van der Waals surface area contributed by atoms with Crippen LogP contribution < -0.4 is 15.4 Å². The third kappa shape index (κ3) is 10.3. The van der Waals surface area contributed by atoms with Gasteiger partial charge in [-0.15, -0.1) is 0 Å². The maximum atomic E-state index is 15.1. The summed E-state index contributed by atoms with van der Waals surface area (Å²) in [6.07, 6.45) is 0.114. The molecule has 4 rings (SSSR count). The third-order valence-corrected chi connectivity index (χ3v) is 9.08. The number of ether oxygens (including phenoxy) is 3. The Kier molecular flexibility index (Phi) is 12.9. The first-order valence-electron chi connectivity index (χ1n) is 16.2. The number of rotatable bonds is 15. The van der Waals surface area contributed by atoms with E-state index in [0.717, 1.165) is 49.7 Å². The Morgan fingerprint density at radius 3 is 2.33 bits per heavy atom. The minimum absolute atomic E-state index is 0.267. The van der Waals surface area contributed by atoms with Crippen LogP contribution in [0.4, 0.5) is 10.2 Å². The number of likely N-dealkylation sites (N-methyl/N-ethyl adjacent to an activating group) is 1. The number of piperazine rings is 1. The van der Waals surface area contributed by atoms with Crippen LogP contribution in [-0.2, 0) is 37.7 Å². The average Bonchev–Trinajstić information content (AvgIpc) is 2.95. The standard InChI is InChI=1S/C34H53FN6O3.Co/c1-8-42-32(43-9-2)24-39(20-27(36)18-26-10-13-30(14-11-26)44-34(4,5)6)21-28-12-15-31(35)33(37-28)41-22-29(23-41)40-17-16-38(7)25(3)19-40;/h10-15,25,27,29,32H,8-9,16-19,21-24,36H2,1-7H3;/t25-,27+;/m1./s1. The first-order chi connectivity index (χ1) is 21.4. The quantitative estimate of drug-likeness (QED) is 0.286. The van der Waals surface area contributed by atoms with E-state index < -0.39 is 6.29 Å². The summed E-state index contributed by atoms with van der Waals surface area (Å²) in [6, 6.07) is 11.8. The molecule has 2 N–H and O–H groups in total. The van der Waals surface area contributed by atoms with Crippen LogP contribution in [0.5, 0.6) is 5.75 Å². The molecule has 0 saturated carbocycles. The summed E-state index contributed by atoms with van der Waals surface area (Å²) in [5, 5.41) is 0. The molecule has 0 spiro atoms. The van der Waals surface area contributed by atoms with Gasteiger partial charge in [-0.25, -0.2) is 0 Å². The molecule has 11 heteroatoms. The van der Waals surface area contributed by atoms with Crippen molar-refractivity contribution in [1.29, 1.82) is 0 Å². The van der Waals surface area contributed by atoms with Gasteiger partial charge in [-0.3, -0.25) is 0 Å². The van der Waals surface area contributed by atoms with Gasteiger partial charge in [-0.1, -0.05) is 0 Å². The molecule has 253 valence electrons. The van der Waals surface area contributed by atoms with Gasteiger partial charge in [-0.05, 0) is 14.0 Å². The first-order valence-corrected chi connectivity index (χ1v) is 16.7. The third-order valence-electron chi connectivity index (χ3n) is 8.36. The molecule has 0 bridgehead atoms. The molecule has 0 radical (unpaired) electrons. The molecule has 2 saturated heterocycles. The second kappa shape index (κ2) is 16.2. The van der Waals surface area contributed by atoms with Gasteiger partial charge in [0.25, 0.3) is 0 Å². The zero-order chi connectivity index (χ0) is 32.7. The Bertz CT molecular complexity index is 1230. The van der Waals surface area contributed by atoms with E-state index in [1.54, 1.807) is 6.07 Å². The summed E-state index contributed by atoms with van der Waals surface area (Å²) < 4.78 is 33.5. The molecule has 0 unspecified atom stereocenters. The summed E-state index contributed by atoms with van der Waals surface area (Å²) in [5.41, 5.74) is 8.28. The summed E-state index contributed by atoms with van der Waals surface area (Å²) in [7, 11) is 2.18. The number of anilines is 1. The van der Waals surface area contributed by atoms with Gasteiger partial charge < -0.3 is 4.90 Å². The fourth-order valence-corrected chi connectivity index (χ4v) is 6.07. The molecule has 3 heterocycles. The first kappa shape index (κ1) is 35.9. The van der Waals surface area contributed by atoms with Crippen molar-refractivity contribution in [2.75, 3.05) is 64.4 Å². The molecule has 0 aliphatic carbocycles. The van der Waals surface area contributed by atoms with E-state index in [0.29, 0.717) is 55.2 Å². The molecule has 1 aromatic heterocycles. The Labute approximate surface area is 277 Å². The Hall–Kier alpha value is -1.96. The van der Waals surface area contributed by atoms with Crippen LogP contribution in [0.1, 0.15) is 52.8 Å². The fraction of sp³-hybridized carbons (Fsp3) is 0.647. The predicted molar refractivity (Wildman–Crippen MR) is 175 cm³/mol. The van der Waals surface area contributed by atoms with Gasteiger partial charge in [0.1, 0.15) is 0 Å². The normalized spacial score (nSPS) is 19.3. The van der Waals surface area contributed by atoms with Crippen LogP contribution >= 0.6 is 0 Å². The average molecular weight is 672 g/mol. The van der Waals surface area contributed by atoms with Crippen molar-refractivity contribution in [3.05, 3.63) is 53.5 Å². The number of hydrogen-bond acceptors (Lipinski definition) is 9. The van der Waals surface area contributed by atoms with E-state index in [1.807, 2.05) is 68.7 Å². The number of nitrogens with two attached hydrogens (primary N) is 1. The van der Waals surface area contributed by atoms with Crippen molar-refractivity contribution in [2.45, 2.75) is 84.5 Å². The van der Waals surface area contributed by atoms with E-state index in [1.165, 1.54) is 6.07 Å². The second-order valence-electron chi connectivity index (χ2n) is 13.2. The van der Waals surface area contributed by atoms with E-state index in [2.05, 4.69) is 23.8 Å². The molecule has 2 aliphatic heterocycles. The molecule has 2 aromatic rings. The summed E-state index contributed by atoms with van der Waals surface area (Å²) in [5.74, 6) is 0.915. The van der Waals surface area contributed by atoms with Gasteiger partial charge in [0, 0.05) is 0 Å². The molecular weight excluding hydrogens is 618 g/mol. The molecular formula is C34H53CoFN6O3.